The van der Waals surface area contributed by atoms with E-state index in [0.717, 1.165) is 19.2 Å². The zero-order chi connectivity index (χ0) is 20.1. The van der Waals surface area contributed by atoms with Crippen LogP contribution < -0.4 is 0 Å². The highest BCUT2D eigenvalue weighted by Crippen LogP contribution is 2.33. The van der Waals surface area contributed by atoms with Gasteiger partial charge in [0.1, 0.15) is 5.60 Å². The van der Waals surface area contributed by atoms with Gasteiger partial charge >= 0.3 is 18.1 Å². The van der Waals surface area contributed by atoms with Gasteiger partial charge in [-0.3, -0.25) is 9.59 Å². The molecule has 0 unspecified atom stereocenters. The van der Waals surface area contributed by atoms with Crippen LogP contribution in [0.5, 0.6) is 0 Å². The molecule has 0 N–H and O–H groups in total. The zero-order valence-electron chi connectivity index (χ0n) is 15.4. The molecule has 0 saturated heterocycles. The van der Waals surface area contributed by atoms with E-state index in [-0.39, 0.29) is 0 Å². The largest absolute Gasteiger partial charge is 0.468 e. The van der Waals surface area contributed by atoms with Gasteiger partial charge in [0.2, 0.25) is 0 Å². The molecule has 144 valence electrons. The molecule has 26 heavy (non-hydrogen) atoms. The van der Waals surface area contributed by atoms with Gasteiger partial charge < -0.3 is 9.47 Å². The Labute approximate surface area is 151 Å². The number of ether oxygens (including phenoxy) is 2. The number of rotatable bonds is 5. The number of alkyl halides is 3. The lowest BCUT2D eigenvalue weighted by Crippen LogP contribution is -2.36. The smallest absolute Gasteiger partial charge is 0.416 e. The van der Waals surface area contributed by atoms with Crippen LogP contribution in [0.3, 0.4) is 0 Å². The molecule has 0 amide bonds. The second-order valence-corrected chi connectivity index (χ2v) is 6.71. The van der Waals surface area contributed by atoms with Crippen molar-refractivity contribution in [1.82, 2.24) is 0 Å². The zero-order valence-corrected chi connectivity index (χ0v) is 15.4. The monoisotopic (exact) mass is 372 g/mol. The molecule has 0 aliphatic carbocycles. The highest BCUT2D eigenvalue weighted by Gasteiger charge is 2.39. The Balaban J connectivity index is 3.32. The maximum absolute atomic E-state index is 12.8. The Morgan fingerprint density at radius 3 is 1.96 bits per heavy atom. The van der Waals surface area contributed by atoms with E-state index < -0.39 is 41.1 Å². The van der Waals surface area contributed by atoms with E-state index in [0.29, 0.717) is 5.56 Å². The molecule has 1 rings (SSSR count). The SMILES string of the molecule is C/C=C/[C@H](c1ccc(C(F)(F)F)cc1)[C@@H](C(=O)OC)C(=O)OC(C)(C)C. The second kappa shape index (κ2) is 8.38. The predicted octanol–water partition coefficient (Wildman–Crippen LogP) is 4.50. The number of methoxy groups -OCH3 is 1. The lowest BCUT2D eigenvalue weighted by molar-refractivity contribution is -0.168. The van der Waals surface area contributed by atoms with Gasteiger partial charge in [0, 0.05) is 5.92 Å². The minimum Gasteiger partial charge on any atom is -0.468 e. The minimum absolute atomic E-state index is 0.373. The summed E-state index contributed by atoms with van der Waals surface area (Å²) in [6, 6.07) is 4.31. The van der Waals surface area contributed by atoms with Crippen molar-refractivity contribution in [3.8, 4) is 0 Å². The maximum atomic E-state index is 12.8. The lowest BCUT2D eigenvalue weighted by Gasteiger charge is -2.26. The van der Waals surface area contributed by atoms with Crippen molar-refractivity contribution in [2.45, 2.75) is 45.4 Å². The number of halogens is 3. The van der Waals surface area contributed by atoms with E-state index in [1.165, 1.54) is 12.1 Å². The number of carbonyl (C=O) groups excluding carboxylic acids is 2. The van der Waals surface area contributed by atoms with E-state index in [9.17, 15) is 22.8 Å². The third kappa shape index (κ3) is 5.89. The maximum Gasteiger partial charge on any atom is 0.416 e. The number of carbonyl (C=O) groups is 2. The summed E-state index contributed by atoms with van der Waals surface area (Å²) >= 11 is 0. The Morgan fingerprint density at radius 1 is 1.04 bits per heavy atom. The van der Waals surface area contributed by atoms with Crippen molar-refractivity contribution in [1.29, 1.82) is 0 Å². The fraction of sp³-hybridized carbons (Fsp3) is 0.474. The molecule has 0 spiro atoms. The molecule has 1 aromatic rings. The number of hydrogen-bond acceptors (Lipinski definition) is 4. The second-order valence-electron chi connectivity index (χ2n) is 6.71. The molecule has 0 aromatic heterocycles. The molecule has 0 fully saturated rings. The van der Waals surface area contributed by atoms with Crippen LogP contribution in [0.15, 0.2) is 36.4 Å². The standard InChI is InChI=1S/C19H23F3O4/c1-6-7-14(12-8-10-13(11-9-12)19(20,21)22)15(16(23)25-5)17(24)26-18(2,3)4/h6-11,14-15H,1-5H3/b7-6+/t14-,15+/m1/s1. The van der Waals surface area contributed by atoms with Gasteiger partial charge in [0.15, 0.2) is 5.92 Å². The van der Waals surface area contributed by atoms with E-state index in [2.05, 4.69) is 0 Å². The Hall–Kier alpha value is -2.31. The summed E-state index contributed by atoms with van der Waals surface area (Å²) in [5, 5.41) is 0. The third-order valence-electron chi connectivity index (χ3n) is 3.50. The number of hydrogen-bond donors (Lipinski definition) is 0. The van der Waals surface area contributed by atoms with Crippen LogP contribution in [0.1, 0.15) is 44.7 Å². The van der Waals surface area contributed by atoms with Crippen molar-refractivity contribution in [3.63, 3.8) is 0 Å². The quantitative estimate of drug-likeness (QED) is 0.434. The molecule has 0 heterocycles. The van der Waals surface area contributed by atoms with Gasteiger partial charge in [-0.05, 0) is 45.4 Å². The summed E-state index contributed by atoms with van der Waals surface area (Å²) in [6.07, 6.45) is -1.29. The van der Waals surface area contributed by atoms with Gasteiger partial charge in [-0.25, -0.2) is 0 Å². The predicted molar refractivity (Wildman–Crippen MR) is 90.4 cm³/mol. The van der Waals surface area contributed by atoms with Crippen molar-refractivity contribution in [2.75, 3.05) is 7.11 Å². The summed E-state index contributed by atoms with van der Waals surface area (Å²) in [4.78, 5) is 24.8. The van der Waals surface area contributed by atoms with Gasteiger partial charge in [-0.15, -0.1) is 0 Å². The average Bonchev–Trinajstić information content (AvgIpc) is 2.51. The molecular formula is C19H23F3O4. The molecule has 0 aliphatic heterocycles. The molecule has 0 radical (unpaired) electrons. The first-order valence-corrected chi connectivity index (χ1v) is 8.01. The summed E-state index contributed by atoms with van der Waals surface area (Å²) < 4.78 is 48.3. The van der Waals surface area contributed by atoms with Crippen LogP contribution in [0.25, 0.3) is 0 Å². The van der Waals surface area contributed by atoms with Crippen LogP contribution in [0.2, 0.25) is 0 Å². The van der Waals surface area contributed by atoms with E-state index in [1.807, 2.05) is 0 Å². The van der Waals surface area contributed by atoms with Crippen molar-refractivity contribution >= 4 is 11.9 Å². The summed E-state index contributed by atoms with van der Waals surface area (Å²) in [6.45, 7) is 6.65. The Bertz CT molecular complexity index is 655. The first-order valence-electron chi connectivity index (χ1n) is 8.01. The van der Waals surface area contributed by atoms with Gasteiger partial charge in [0.25, 0.3) is 0 Å². The van der Waals surface area contributed by atoms with Crippen molar-refractivity contribution < 1.29 is 32.2 Å². The van der Waals surface area contributed by atoms with Crippen molar-refractivity contribution in [2.24, 2.45) is 5.92 Å². The van der Waals surface area contributed by atoms with Crippen LogP contribution in [-0.4, -0.2) is 24.6 Å². The first-order chi connectivity index (χ1) is 11.9. The van der Waals surface area contributed by atoms with E-state index in [4.69, 9.17) is 9.47 Å². The molecule has 0 saturated carbocycles. The Kier molecular flexibility index (Phi) is 7.00. The van der Waals surface area contributed by atoms with E-state index >= 15 is 0 Å². The summed E-state index contributed by atoms with van der Waals surface area (Å²) in [5.74, 6) is -3.76. The van der Waals surface area contributed by atoms with Crippen LogP contribution in [0.4, 0.5) is 13.2 Å². The molecule has 4 nitrogen and oxygen atoms in total. The number of allylic oxidation sites excluding steroid dienone is 2. The van der Waals surface area contributed by atoms with Crippen LogP contribution >= 0.6 is 0 Å². The first kappa shape index (κ1) is 21.7. The van der Waals surface area contributed by atoms with Crippen molar-refractivity contribution in [3.05, 3.63) is 47.5 Å². The van der Waals surface area contributed by atoms with E-state index in [1.54, 1.807) is 39.8 Å². The van der Waals surface area contributed by atoms with Gasteiger partial charge in [0.05, 0.1) is 12.7 Å². The molecular weight excluding hydrogens is 349 g/mol. The highest BCUT2D eigenvalue weighted by atomic mass is 19.4. The summed E-state index contributed by atoms with van der Waals surface area (Å²) in [5.41, 5.74) is -1.27. The normalized spacial score (nSPS) is 14.8. The lowest BCUT2D eigenvalue weighted by atomic mass is 9.85. The molecule has 0 bridgehead atoms. The van der Waals surface area contributed by atoms with Crippen LogP contribution in [0, 0.1) is 5.92 Å². The number of benzene rings is 1. The van der Waals surface area contributed by atoms with Crippen LogP contribution in [-0.2, 0) is 25.2 Å². The Morgan fingerprint density at radius 2 is 1.58 bits per heavy atom. The minimum atomic E-state index is -4.47. The topological polar surface area (TPSA) is 52.6 Å². The van der Waals surface area contributed by atoms with Gasteiger partial charge in [-0.1, -0.05) is 24.3 Å². The fourth-order valence-electron chi connectivity index (χ4n) is 2.40. The third-order valence-corrected chi connectivity index (χ3v) is 3.50. The fourth-order valence-corrected chi connectivity index (χ4v) is 2.40. The molecule has 7 heteroatoms. The molecule has 0 aliphatic rings. The number of esters is 2. The average molecular weight is 372 g/mol. The van der Waals surface area contributed by atoms with Gasteiger partial charge in [-0.2, -0.15) is 13.2 Å². The molecule has 2 atom stereocenters. The summed E-state index contributed by atoms with van der Waals surface area (Å²) in [7, 11) is 1.14. The molecule has 1 aromatic carbocycles. The highest BCUT2D eigenvalue weighted by molar-refractivity contribution is 5.96.